The van der Waals surface area contributed by atoms with Gasteiger partial charge < -0.3 is 14.8 Å². The highest BCUT2D eigenvalue weighted by molar-refractivity contribution is 6.31. The second-order valence-electron chi connectivity index (χ2n) is 6.29. The summed E-state index contributed by atoms with van der Waals surface area (Å²) < 4.78 is 11.1. The third-order valence-corrected chi connectivity index (χ3v) is 5.04. The Labute approximate surface area is 179 Å². The molecular weight excluding hydrogens is 415 g/mol. The van der Waals surface area contributed by atoms with E-state index in [2.05, 4.69) is 5.32 Å². The lowest BCUT2D eigenvalue weighted by Crippen LogP contribution is -2.48. The summed E-state index contributed by atoms with van der Waals surface area (Å²) in [7, 11) is 1.56. The summed E-state index contributed by atoms with van der Waals surface area (Å²) in [4.78, 5) is 26.8. The normalized spacial score (nSPS) is 16.5. The first-order valence-corrected chi connectivity index (χ1v) is 9.75. The van der Waals surface area contributed by atoms with Crippen LogP contribution >= 0.6 is 23.2 Å². The highest BCUT2D eigenvalue weighted by atomic mass is 35.5. The summed E-state index contributed by atoms with van der Waals surface area (Å²) in [6.45, 7) is 1.88. The number of amides is 2. The zero-order chi connectivity index (χ0) is 21.0. The molecule has 0 saturated heterocycles. The molecule has 0 unspecified atom stereocenters. The van der Waals surface area contributed by atoms with E-state index in [-0.39, 0.29) is 24.8 Å². The van der Waals surface area contributed by atoms with Crippen LogP contribution in [-0.2, 0) is 9.53 Å². The molecule has 29 heavy (non-hydrogen) atoms. The van der Waals surface area contributed by atoms with Crippen LogP contribution in [0.15, 0.2) is 59.8 Å². The van der Waals surface area contributed by atoms with Gasteiger partial charge >= 0.3 is 12.0 Å². The fourth-order valence-electron chi connectivity index (χ4n) is 3.03. The van der Waals surface area contributed by atoms with Gasteiger partial charge in [0.25, 0.3) is 0 Å². The van der Waals surface area contributed by atoms with Crippen molar-refractivity contribution in [1.82, 2.24) is 10.2 Å². The number of halogens is 2. The molecule has 1 N–H and O–H groups in total. The van der Waals surface area contributed by atoms with Crippen LogP contribution in [0.4, 0.5) is 4.79 Å². The molecule has 6 nitrogen and oxygen atoms in total. The van der Waals surface area contributed by atoms with E-state index in [1.165, 1.54) is 4.90 Å². The van der Waals surface area contributed by atoms with E-state index in [4.69, 9.17) is 32.7 Å². The number of likely N-dealkylation sites (N-methyl/N-ethyl adjacent to an activating group) is 1. The minimum Gasteiger partial charge on any atom is -0.487 e. The molecule has 0 aliphatic carbocycles. The lowest BCUT2D eigenvalue weighted by molar-refractivity contribution is -0.139. The van der Waals surface area contributed by atoms with Crippen LogP contribution in [0, 0.1) is 0 Å². The van der Waals surface area contributed by atoms with Gasteiger partial charge in [-0.1, -0.05) is 47.5 Å². The number of carbonyl (C=O) groups excluding carboxylic acids is 2. The summed E-state index contributed by atoms with van der Waals surface area (Å²) in [5, 5.41) is 3.77. The van der Waals surface area contributed by atoms with Crippen LogP contribution in [0.3, 0.4) is 0 Å². The molecule has 0 bridgehead atoms. The quantitative estimate of drug-likeness (QED) is 0.675. The molecule has 1 aliphatic rings. The molecule has 3 rings (SSSR count). The number of benzene rings is 2. The van der Waals surface area contributed by atoms with Crippen LogP contribution in [0.25, 0.3) is 0 Å². The maximum absolute atomic E-state index is 12.8. The first-order chi connectivity index (χ1) is 13.9. The zero-order valence-corrected chi connectivity index (χ0v) is 17.5. The number of hydrogen-bond acceptors (Lipinski definition) is 4. The number of nitrogens with one attached hydrogen (secondary N) is 1. The van der Waals surface area contributed by atoms with Crippen molar-refractivity contribution in [2.24, 2.45) is 0 Å². The molecule has 8 heteroatoms. The van der Waals surface area contributed by atoms with Gasteiger partial charge in [0.05, 0.1) is 23.9 Å². The average Bonchev–Trinajstić information content (AvgIpc) is 2.69. The van der Waals surface area contributed by atoms with E-state index < -0.39 is 12.0 Å². The molecule has 0 spiro atoms. The van der Waals surface area contributed by atoms with Gasteiger partial charge in [-0.2, -0.15) is 0 Å². The summed E-state index contributed by atoms with van der Waals surface area (Å²) >= 11 is 12.3. The van der Waals surface area contributed by atoms with Crippen LogP contribution < -0.4 is 10.1 Å². The molecule has 0 aromatic heterocycles. The molecule has 1 heterocycles. The van der Waals surface area contributed by atoms with E-state index in [1.54, 1.807) is 62.5 Å². The van der Waals surface area contributed by atoms with Crippen molar-refractivity contribution in [3.63, 3.8) is 0 Å². The molecule has 152 valence electrons. The molecule has 1 atom stereocenters. The topological polar surface area (TPSA) is 67.9 Å². The standard InChI is InChI=1S/C21H20Cl2N2O4/c1-3-28-20(26)18-17(12-29-14-8-6-7-13(22)11-14)25(2)21(27)24-19(18)15-9-4-5-10-16(15)23/h4-11,19H,3,12H2,1-2H3,(H,24,27)/t19-/m1/s1. The van der Waals surface area contributed by atoms with Gasteiger partial charge in [-0.25, -0.2) is 9.59 Å². The van der Waals surface area contributed by atoms with E-state index in [0.717, 1.165) is 0 Å². The number of hydrogen-bond donors (Lipinski definition) is 1. The van der Waals surface area contributed by atoms with Crippen LogP contribution in [0.1, 0.15) is 18.5 Å². The van der Waals surface area contributed by atoms with Gasteiger partial charge in [-0.15, -0.1) is 0 Å². The van der Waals surface area contributed by atoms with Crippen molar-refractivity contribution in [1.29, 1.82) is 0 Å². The molecule has 2 amide bonds. The Morgan fingerprint density at radius 2 is 1.93 bits per heavy atom. The smallest absolute Gasteiger partial charge is 0.338 e. The van der Waals surface area contributed by atoms with E-state index in [1.807, 2.05) is 0 Å². The van der Waals surface area contributed by atoms with Crippen molar-refractivity contribution >= 4 is 35.2 Å². The van der Waals surface area contributed by atoms with Crippen molar-refractivity contribution in [3.05, 3.63) is 75.4 Å². The van der Waals surface area contributed by atoms with E-state index >= 15 is 0 Å². The highest BCUT2D eigenvalue weighted by Gasteiger charge is 2.37. The van der Waals surface area contributed by atoms with Crippen molar-refractivity contribution in [2.75, 3.05) is 20.3 Å². The van der Waals surface area contributed by atoms with Gasteiger partial charge in [-0.05, 0) is 36.8 Å². The maximum Gasteiger partial charge on any atom is 0.338 e. The van der Waals surface area contributed by atoms with Crippen LogP contribution in [0.5, 0.6) is 5.75 Å². The molecular formula is C21H20Cl2N2O4. The number of ether oxygens (including phenoxy) is 2. The Morgan fingerprint density at radius 1 is 1.17 bits per heavy atom. The van der Waals surface area contributed by atoms with Gasteiger partial charge in [0, 0.05) is 17.1 Å². The molecule has 0 radical (unpaired) electrons. The first kappa shape index (κ1) is 21.0. The summed E-state index contributed by atoms with van der Waals surface area (Å²) in [6, 6.07) is 12.8. The van der Waals surface area contributed by atoms with Crippen LogP contribution in [0.2, 0.25) is 10.0 Å². The van der Waals surface area contributed by atoms with E-state index in [9.17, 15) is 9.59 Å². The molecule has 0 saturated carbocycles. The van der Waals surface area contributed by atoms with Gasteiger partial charge in [0.2, 0.25) is 0 Å². The number of carbonyl (C=O) groups is 2. The van der Waals surface area contributed by atoms with Crippen LogP contribution in [-0.4, -0.2) is 37.2 Å². The minimum absolute atomic E-state index is 0.0284. The highest BCUT2D eigenvalue weighted by Crippen LogP contribution is 2.34. The Hall–Kier alpha value is -2.70. The first-order valence-electron chi connectivity index (χ1n) is 8.99. The summed E-state index contributed by atoms with van der Waals surface area (Å²) in [5.74, 6) is -0.0316. The zero-order valence-electron chi connectivity index (χ0n) is 15.9. The minimum atomic E-state index is -0.760. The Balaban J connectivity index is 2.05. The summed E-state index contributed by atoms with van der Waals surface area (Å²) in [6.07, 6.45) is 0. The third-order valence-electron chi connectivity index (χ3n) is 4.46. The molecule has 0 fully saturated rings. The number of nitrogens with zero attached hydrogens (tertiary/aromatic N) is 1. The fourth-order valence-corrected chi connectivity index (χ4v) is 3.46. The third kappa shape index (κ3) is 4.66. The maximum atomic E-state index is 12.8. The number of rotatable bonds is 6. The van der Waals surface area contributed by atoms with Crippen molar-refractivity contribution in [3.8, 4) is 5.75 Å². The Bertz CT molecular complexity index is 961. The summed E-state index contributed by atoms with van der Waals surface area (Å²) in [5.41, 5.74) is 1.25. The molecule has 2 aromatic carbocycles. The second kappa shape index (κ2) is 9.20. The lowest BCUT2D eigenvalue weighted by Gasteiger charge is -2.34. The van der Waals surface area contributed by atoms with Gasteiger partial charge in [-0.3, -0.25) is 4.90 Å². The van der Waals surface area contributed by atoms with Crippen molar-refractivity contribution < 1.29 is 19.1 Å². The fraction of sp³-hybridized carbons (Fsp3) is 0.238. The van der Waals surface area contributed by atoms with Gasteiger partial charge in [0.15, 0.2) is 0 Å². The second-order valence-corrected chi connectivity index (χ2v) is 7.13. The van der Waals surface area contributed by atoms with E-state index in [0.29, 0.717) is 27.1 Å². The predicted molar refractivity (Wildman–Crippen MR) is 111 cm³/mol. The van der Waals surface area contributed by atoms with Gasteiger partial charge in [0.1, 0.15) is 12.4 Å². The Morgan fingerprint density at radius 3 is 2.62 bits per heavy atom. The largest absolute Gasteiger partial charge is 0.487 e. The Kier molecular flexibility index (Phi) is 6.67. The lowest BCUT2D eigenvalue weighted by atomic mass is 9.94. The SMILES string of the molecule is CCOC(=O)C1=C(COc2cccc(Cl)c2)N(C)C(=O)N[C@@H]1c1ccccc1Cl. The molecule has 1 aliphatic heterocycles. The average molecular weight is 435 g/mol. The van der Waals surface area contributed by atoms with Crippen molar-refractivity contribution in [2.45, 2.75) is 13.0 Å². The predicted octanol–water partition coefficient (Wildman–Crippen LogP) is 4.59. The monoisotopic (exact) mass is 434 g/mol. The number of urea groups is 1. The number of esters is 1. The molecule has 2 aromatic rings.